The normalized spacial score (nSPS) is 11.3. The highest BCUT2D eigenvalue weighted by molar-refractivity contribution is 7.15. The number of hydrogen-bond acceptors (Lipinski definition) is 4. The van der Waals surface area contributed by atoms with Gasteiger partial charge in [-0.25, -0.2) is 9.37 Å². The second kappa shape index (κ2) is 8.39. The summed E-state index contributed by atoms with van der Waals surface area (Å²) in [7, 11) is 0. The second-order valence-electron chi connectivity index (χ2n) is 5.82. The Balaban J connectivity index is 1.58. The fourth-order valence-corrected chi connectivity index (χ4v) is 3.17. The van der Waals surface area contributed by atoms with Crippen molar-refractivity contribution in [3.63, 3.8) is 0 Å². The Kier molecular flexibility index (Phi) is 5.93. The van der Waals surface area contributed by atoms with Crippen LogP contribution in [0.3, 0.4) is 0 Å². The molecule has 0 saturated heterocycles. The first kappa shape index (κ1) is 19.8. The van der Waals surface area contributed by atoms with Gasteiger partial charge in [-0.15, -0.1) is 11.3 Å². The van der Waals surface area contributed by atoms with Gasteiger partial charge in [-0.2, -0.15) is 13.2 Å². The van der Waals surface area contributed by atoms with E-state index in [0.29, 0.717) is 11.6 Å². The molecule has 9 heteroatoms. The maximum absolute atomic E-state index is 13.2. The van der Waals surface area contributed by atoms with Gasteiger partial charge in [0.25, 0.3) is 5.91 Å². The molecule has 1 aromatic heterocycles. The second-order valence-corrected chi connectivity index (χ2v) is 6.94. The van der Waals surface area contributed by atoms with Crippen molar-refractivity contribution in [3.8, 4) is 5.75 Å². The number of rotatable bonds is 6. The number of nitrogens with one attached hydrogen (secondary N) is 1. The highest BCUT2D eigenvalue weighted by atomic mass is 32.1. The number of ether oxygens (including phenoxy) is 1. The Labute approximate surface area is 161 Å². The maximum atomic E-state index is 13.2. The zero-order valence-electron chi connectivity index (χ0n) is 14.3. The molecule has 3 aromatic rings. The van der Waals surface area contributed by atoms with E-state index >= 15 is 0 Å². The van der Waals surface area contributed by atoms with E-state index in [1.54, 1.807) is 18.3 Å². The van der Waals surface area contributed by atoms with E-state index in [1.165, 1.54) is 47.7 Å². The third kappa shape index (κ3) is 5.78. The lowest BCUT2D eigenvalue weighted by atomic mass is 10.1. The molecule has 0 bridgehead atoms. The van der Waals surface area contributed by atoms with Gasteiger partial charge < -0.3 is 4.74 Å². The van der Waals surface area contributed by atoms with Gasteiger partial charge in [0.05, 0.1) is 0 Å². The quantitative estimate of drug-likeness (QED) is 0.578. The summed E-state index contributed by atoms with van der Waals surface area (Å²) in [5.41, 5.74) is 1.04. The van der Waals surface area contributed by atoms with Crippen LogP contribution in [0.1, 0.15) is 20.8 Å². The van der Waals surface area contributed by atoms with Gasteiger partial charge in [0.1, 0.15) is 11.6 Å². The molecule has 2 aromatic carbocycles. The van der Waals surface area contributed by atoms with Crippen LogP contribution in [0.4, 0.5) is 22.7 Å². The topological polar surface area (TPSA) is 51.2 Å². The molecule has 4 nitrogen and oxygen atoms in total. The molecule has 0 radical (unpaired) electrons. The van der Waals surface area contributed by atoms with Gasteiger partial charge in [0.2, 0.25) is 0 Å². The van der Waals surface area contributed by atoms with Crippen LogP contribution in [0, 0.1) is 5.82 Å². The fourth-order valence-electron chi connectivity index (χ4n) is 2.33. The van der Waals surface area contributed by atoms with E-state index in [9.17, 15) is 22.4 Å². The largest absolute Gasteiger partial charge is 0.484 e. The van der Waals surface area contributed by atoms with Crippen molar-refractivity contribution < 1.29 is 27.1 Å². The molecule has 0 spiro atoms. The van der Waals surface area contributed by atoms with E-state index in [2.05, 4.69) is 15.0 Å². The van der Waals surface area contributed by atoms with Gasteiger partial charge >= 0.3 is 6.18 Å². The number of carbonyl (C=O) groups excluding carboxylic acids is 1. The van der Waals surface area contributed by atoms with E-state index in [1.807, 2.05) is 0 Å². The van der Waals surface area contributed by atoms with Crippen molar-refractivity contribution in [1.29, 1.82) is 0 Å². The van der Waals surface area contributed by atoms with Crippen LogP contribution in [0.5, 0.6) is 5.75 Å². The zero-order valence-corrected chi connectivity index (χ0v) is 15.1. The Bertz CT molecular complexity index is 955. The number of alkyl halides is 3. The van der Waals surface area contributed by atoms with Gasteiger partial charge in [0.15, 0.2) is 11.7 Å². The highest BCUT2D eigenvalue weighted by Crippen LogP contribution is 2.23. The molecule has 146 valence electrons. The summed E-state index contributed by atoms with van der Waals surface area (Å²) in [6.45, 7) is -1.40. The monoisotopic (exact) mass is 410 g/mol. The van der Waals surface area contributed by atoms with Gasteiger partial charge in [-0.3, -0.25) is 10.1 Å². The standard InChI is InChI=1S/C19H14F4N2O2S/c20-14-3-1-2-12(8-14)9-16-10-24-18(28-16)25-17(26)13-4-6-15(7-5-13)27-11-19(21,22)23/h1-8,10H,9,11H2,(H,24,25,26). The summed E-state index contributed by atoms with van der Waals surface area (Å²) in [6.07, 6.45) is -2.35. The molecule has 1 heterocycles. The van der Waals surface area contributed by atoms with Crippen molar-refractivity contribution in [2.45, 2.75) is 12.6 Å². The minimum Gasteiger partial charge on any atom is -0.484 e. The fraction of sp³-hybridized carbons (Fsp3) is 0.158. The molecule has 0 saturated carbocycles. The van der Waals surface area contributed by atoms with Gasteiger partial charge in [-0.05, 0) is 42.0 Å². The van der Waals surface area contributed by atoms with E-state index in [4.69, 9.17) is 0 Å². The molecule has 0 aliphatic carbocycles. The maximum Gasteiger partial charge on any atom is 0.422 e. The van der Waals surface area contributed by atoms with Crippen molar-refractivity contribution >= 4 is 22.4 Å². The number of amides is 1. The summed E-state index contributed by atoms with van der Waals surface area (Å²) in [4.78, 5) is 17.2. The molecule has 0 unspecified atom stereocenters. The van der Waals surface area contributed by atoms with Crippen molar-refractivity contribution in [2.24, 2.45) is 0 Å². The number of aromatic nitrogens is 1. The Hall–Kier alpha value is -2.94. The van der Waals surface area contributed by atoms with Gasteiger partial charge in [0, 0.05) is 23.1 Å². The van der Waals surface area contributed by atoms with Crippen molar-refractivity contribution in [3.05, 3.63) is 76.5 Å². The van der Waals surface area contributed by atoms with Crippen LogP contribution in [-0.2, 0) is 6.42 Å². The molecule has 3 rings (SSSR count). The van der Waals surface area contributed by atoms with Crippen LogP contribution >= 0.6 is 11.3 Å². The van der Waals surface area contributed by atoms with Crippen molar-refractivity contribution in [1.82, 2.24) is 4.98 Å². The molecule has 1 N–H and O–H groups in total. The summed E-state index contributed by atoms with van der Waals surface area (Å²) in [5, 5.41) is 2.99. The zero-order chi connectivity index (χ0) is 20.1. The smallest absolute Gasteiger partial charge is 0.422 e. The lowest BCUT2D eigenvalue weighted by molar-refractivity contribution is -0.153. The SMILES string of the molecule is O=C(Nc1ncc(Cc2cccc(F)c2)s1)c1ccc(OCC(F)(F)F)cc1. The molecule has 0 atom stereocenters. The lowest BCUT2D eigenvalue weighted by Crippen LogP contribution is -2.19. The molecule has 0 aliphatic heterocycles. The number of anilines is 1. The molecule has 28 heavy (non-hydrogen) atoms. The first-order valence-corrected chi connectivity index (χ1v) is 8.90. The average Bonchev–Trinajstić information content (AvgIpc) is 3.06. The van der Waals surface area contributed by atoms with Crippen LogP contribution in [-0.4, -0.2) is 23.7 Å². The third-order valence-corrected chi connectivity index (χ3v) is 4.47. The number of benzene rings is 2. The summed E-state index contributed by atoms with van der Waals surface area (Å²) >= 11 is 1.26. The minimum absolute atomic E-state index is 0.0144. The summed E-state index contributed by atoms with van der Waals surface area (Å²) in [6, 6.07) is 11.5. The number of thiazole rings is 1. The highest BCUT2D eigenvalue weighted by Gasteiger charge is 2.28. The van der Waals surface area contributed by atoms with E-state index in [-0.39, 0.29) is 17.1 Å². The molecule has 0 fully saturated rings. The first-order chi connectivity index (χ1) is 13.3. The van der Waals surface area contributed by atoms with Crippen LogP contribution in [0.2, 0.25) is 0 Å². The molecular weight excluding hydrogens is 396 g/mol. The number of hydrogen-bond donors (Lipinski definition) is 1. The number of carbonyl (C=O) groups is 1. The number of halogens is 4. The third-order valence-electron chi connectivity index (χ3n) is 3.56. The van der Waals surface area contributed by atoms with E-state index < -0.39 is 18.7 Å². The van der Waals surface area contributed by atoms with Crippen LogP contribution in [0.15, 0.2) is 54.7 Å². The van der Waals surface area contributed by atoms with Crippen LogP contribution in [0.25, 0.3) is 0 Å². The summed E-state index contributed by atoms with van der Waals surface area (Å²) < 4.78 is 54.2. The minimum atomic E-state index is -4.43. The van der Waals surface area contributed by atoms with Crippen molar-refractivity contribution in [2.75, 3.05) is 11.9 Å². The molecule has 1 amide bonds. The predicted molar refractivity (Wildman–Crippen MR) is 97.3 cm³/mol. The number of nitrogens with zero attached hydrogens (tertiary/aromatic N) is 1. The first-order valence-electron chi connectivity index (χ1n) is 8.08. The molecule has 0 aliphatic rings. The average molecular weight is 410 g/mol. The predicted octanol–water partition coefficient (Wildman–Crippen LogP) is 5.07. The summed E-state index contributed by atoms with van der Waals surface area (Å²) in [5.74, 6) is -0.757. The van der Waals surface area contributed by atoms with Crippen LogP contribution < -0.4 is 10.1 Å². The molecular formula is C19H14F4N2O2S. The van der Waals surface area contributed by atoms with E-state index in [0.717, 1.165) is 10.4 Å². The Morgan fingerprint density at radius 3 is 2.57 bits per heavy atom. The van der Waals surface area contributed by atoms with Gasteiger partial charge in [-0.1, -0.05) is 12.1 Å². The Morgan fingerprint density at radius 2 is 1.89 bits per heavy atom. The lowest BCUT2D eigenvalue weighted by Gasteiger charge is -2.09. The Morgan fingerprint density at radius 1 is 1.14 bits per heavy atom.